The molecule has 0 fully saturated rings. The molecule has 0 radical (unpaired) electrons. The van der Waals surface area contributed by atoms with E-state index < -0.39 is 0 Å². The van der Waals surface area contributed by atoms with E-state index in [0.29, 0.717) is 0 Å². The molecule has 2 aromatic rings. The van der Waals surface area contributed by atoms with Crippen LogP contribution in [0, 0.1) is 0 Å². The first-order valence-corrected chi connectivity index (χ1v) is 7.09. The van der Waals surface area contributed by atoms with Gasteiger partial charge in [0.15, 0.2) is 0 Å². The Bertz CT molecular complexity index is 505. The van der Waals surface area contributed by atoms with E-state index in [-0.39, 0.29) is 0 Å². The summed E-state index contributed by atoms with van der Waals surface area (Å²) in [5, 5.41) is 2.11. The van der Waals surface area contributed by atoms with E-state index in [1.54, 1.807) is 11.3 Å². The number of hydrogen-bond acceptors (Lipinski definition) is 3. The highest BCUT2D eigenvalue weighted by Gasteiger charge is 2.16. The SMILES string of the molecule is CCN1CCCc2cc(-c3cscn3)ccc21. The molecular formula is C14H16N2S. The van der Waals surface area contributed by atoms with Gasteiger partial charge in [0.25, 0.3) is 0 Å². The maximum atomic E-state index is 4.38. The van der Waals surface area contributed by atoms with Gasteiger partial charge in [0, 0.05) is 29.7 Å². The van der Waals surface area contributed by atoms with Gasteiger partial charge < -0.3 is 4.90 Å². The summed E-state index contributed by atoms with van der Waals surface area (Å²) >= 11 is 1.66. The van der Waals surface area contributed by atoms with Crippen molar-refractivity contribution in [1.82, 2.24) is 4.98 Å². The summed E-state index contributed by atoms with van der Waals surface area (Å²) in [4.78, 5) is 6.84. The molecule has 1 aromatic carbocycles. The minimum atomic E-state index is 1.10. The molecule has 3 heteroatoms. The van der Waals surface area contributed by atoms with Gasteiger partial charge in [0.05, 0.1) is 11.2 Å². The first-order valence-electron chi connectivity index (χ1n) is 6.15. The van der Waals surface area contributed by atoms with Gasteiger partial charge in [0.2, 0.25) is 0 Å². The Balaban J connectivity index is 2.02. The smallest absolute Gasteiger partial charge is 0.0811 e. The molecule has 1 aliphatic heterocycles. The largest absolute Gasteiger partial charge is 0.372 e. The average Bonchev–Trinajstić information content (AvgIpc) is 2.91. The van der Waals surface area contributed by atoms with Gasteiger partial charge in [-0.2, -0.15) is 0 Å². The molecule has 17 heavy (non-hydrogen) atoms. The zero-order valence-corrected chi connectivity index (χ0v) is 10.8. The summed E-state index contributed by atoms with van der Waals surface area (Å²) < 4.78 is 0. The van der Waals surface area contributed by atoms with Gasteiger partial charge in [-0.3, -0.25) is 0 Å². The highest BCUT2D eigenvalue weighted by Crippen LogP contribution is 2.31. The second-order valence-electron chi connectivity index (χ2n) is 4.40. The molecule has 3 rings (SSSR count). The number of hydrogen-bond donors (Lipinski definition) is 0. The fraction of sp³-hybridized carbons (Fsp3) is 0.357. The molecule has 0 spiro atoms. The zero-order valence-electron chi connectivity index (χ0n) is 10.0. The molecule has 0 saturated heterocycles. The van der Waals surface area contributed by atoms with Crippen molar-refractivity contribution in [3.8, 4) is 11.3 Å². The fourth-order valence-electron chi connectivity index (χ4n) is 2.52. The number of benzene rings is 1. The lowest BCUT2D eigenvalue weighted by Gasteiger charge is -2.30. The third kappa shape index (κ3) is 1.95. The number of aryl methyl sites for hydroxylation is 1. The van der Waals surface area contributed by atoms with E-state index in [0.717, 1.165) is 12.2 Å². The lowest BCUT2D eigenvalue weighted by atomic mass is 9.98. The number of thiazole rings is 1. The van der Waals surface area contributed by atoms with Crippen LogP contribution in [0.15, 0.2) is 29.1 Å². The van der Waals surface area contributed by atoms with E-state index in [1.807, 2.05) is 5.51 Å². The number of anilines is 1. The Morgan fingerprint density at radius 1 is 1.41 bits per heavy atom. The molecule has 0 atom stereocenters. The van der Waals surface area contributed by atoms with Crippen molar-refractivity contribution >= 4 is 17.0 Å². The topological polar surface area (TPSA) is 16.1 Å². The first kappa shape index (κ1) is 10.8. The predicted molar refractivity (Wildman–Crippen MR) is 73.8 cm³/mol. The third-order valence-corrected chi connectivity index (χ3v) is 3.99. The van der Waals surface area contributed by atoms with Crippen LogP contribution < -0.4 is 4.90 Å². The van der Waals surface area contributed by atoms with Crippen LogP contribution >= 0.6 is 11.3 Å². The molecule has 0 saturated carbocycles. The van der Waals surface area contributed by atoms with Crippen LogP contribution in [0.4, 0.5) is 5.69 Å². The van der Waals surface area contributed by atoms with Crippen LogP contribution in [0.2, 0.25) is 0 Å². The minimum Gasteiger partial charge on any atom is -0.372 e. The van der Waals surface area contributed by atoms with Crippen molar-refractivity contribution in [3.05, 3.63) is 34.7 Å². The highest BCUT2D eigenvalue weighted by atomic mass is 32.1. The quantitative estimate of drug-likeness (QED) is 0.802. The molecule has 0 aliphatic carbocycles. The molecule has 0 bridgehead atoms. The molecule has 2 heterocycles. The van der Waals surface area contributed by atoms with Gasteiger partial charge in [-0.15, -0.1) is 11.3 Å². The molecule has 1 aliphatic rings. The maximum absolute atomic E-state index is 4.38. The Hall–Kier alpha value is -1.35. The standard InChI is InChI=1S/C14H16N2S/c1-2-16-7-3-4-12-8-11(5-6-14(12)16)13-9-17-10-15-13/h5-6,8-10H,2-4,7H2,1H3. The minimum absolute atomic E-state index is 1.10. The van der Waals surface area contributed by atoms with Crippen molar-refractivity contribution < 1.29 is 0 Å². The summed E-state index contributed by atoms with van der Waals surface area (Å²) in [6, 6.07) is 6.76. The van der Waals surface area contributed by atoms with Crippen LogP contribution in [0.3, 0.4) is 0 Å². The van der Waals surface area contributed by atoms with Crippen LogP contribution in [0.25, 0.3) is 11.3 Å². The van der Waals surface area contributed by atoms with E-state index in [4.69, 9.17) is 0 Å². The number of aromatic nitrogens is 1. The molecule has 1 aromatic heterocycles. The lowest BCUT2D eigenvalue weighted by molar-refractivity contribution is 0.708. The number of rotatable bonds is 2. The van der Waals surface area contributed by atoms with Crippen LogP contribution in [0.5, 0.6) is 0 Å². The summed E-state index contributed by atoms with van der Waals surface area (Å²) in [5.41, 5.74) is 7.14. The Morgan fingerprint density at radius 2 is 2.35 bits per heavy atom. The zero-order chi connectivity index (χ0) is 11.7. The monoisotopic (exact) mass is 244 g/mol. The van der Waals surface area contributed by atoms with Crippen LogP contribution in [-0.2, 0) is 6.42 Å². The fourth-order valence-corrected chi connectivity index (χ4v) is 3.08. The Labute approximate surface area is 106 Å². The van der Waals surface area contributed by atoms with Crippen LogP contribution in [-0.4, -0.2) is 18.1 Å². The van der Waals surface area contributed by atoms with Gasteiger partial charge in [-0.05, 0) is 37.5 Å². The van der Waals surface area contributed by atoms with Crippen molar-refractivity contribution in [3.63, 3.8) is 0 Å². The van der Waals surface area contributed by atoms with Crippen molar-refractivity contribution in [2.45, 2.75) is 19.8 Å². The molecule has 0 amide bonds. The summed E-state index contributed by atoms with van der Waals surface area (Å²) in [6.45, 7) is 4.52. The lowest BCUT2D eigenvalue weighted by Crippen LogP contribution is -2.28. The second-order valence-corrected chi connectivity index (χ2v) is 5.12. The second kappa shape index (κ2) is 4.49. The number of fused-ring (bicyclic) bond motifs is 1. The van der Waals surface area contributed by atoms with E-state index in [1.165, 1.54) is 36.2 Å². The van der Waals surface area contributed by atoms with E-state index in [2.05, 4.69) is 40.4 Å². The van der Waals surface area contributed by atoms with Crippen molar-refractivity contribution in [2.75, 3.05) is 18.0 Å². The van der Waals surface area contributed by atoms with Gasteiger partial charge >= 0.3 is 0 Å². The summed E-state index contributed by atoms with van der Waals surface area (Å²) in [6.07, 6.45) is 2.46. The molecule has 88 valence electrons. The molecule has 2 nitrogen and oxygen atoms in total. The number of nitrogens with zero attached hydrogens (tertiary/aromatic N) is 2. The normalized spacial score (nSPS) is 14.8. The maximum Gasteiger partial charge on any atom is 0.0811 e. The van der Waals surface area contributed by atoms with Crippen molar-refractivity contribution in [2.24, 2.45) is 0 Å². The first-order chi connectivity index (χ1) is 8.38. The summed E-state index contributed by atoms with van der Waals surface area (Å²) in [7, 11) is 0. The van der Waals surface area contributed by atoms with E-state index in [9.17, 15) is 0 Å². The summed E-state index contributed by atoms with van der Waals surface area (Å²) in [5.74, 6) is 0. The average molecular weight is 244 g/mol. The van der Waals surface area contributed by atoms with Crippen LogP contribution in [0.1, 0.15) is 18.9 Å². The van der Waals surface area contributed by atoms with Gasteiger partial charge in [-0.25, -0.2) is 4.98 Å². The Morgan fingerprint density at radius 3 is 3.12 bits per heavy atom. The highest BCUT2D eigenvalue weighted by molar-refractivity contribution is 7.07. The van der Waals surface area contributed by atoms with E-state index >= 15 is 0 Å². The van der Waals surface area contributed by atoms with Crippen molar-refractivity contribution in [1.29, 1.82) is 0 Å². The molecule has 0 unspecified atom stereocenters. The molecule has 0 N–H and O–H groups in total. The molecular weight excluding hydrogens is 228 g/mol. The van der Waals surface area contributed by atoms with Gasteiger partial charge in [-0.1, -0.05) is 6.07 Å². The van der Waals surface area contributed by atoms with Gasteiger partial charge in [0.1, 0.15) is 0 Å². The predicted octanol–water partition coefficient (Wildman–Crippen LogP) is 3.58. The Kier molecular flexibility index (Phi) is 2.85. The third-order valence-electron chi connectivity index (χ3n) is 3.40.